The van der Waals surface area contributed by atoms with E-state index in [1.165, 1.54) is 0 Å². The second-order valence-corrected chi connectivity index (χ2v) is 5.41. The van der Waals surface area contributed by atoms with Crippen LogP contribution in [0.4, 0.5) is 5.69 Å². The molecule has 1 N–H and O–H groups in total. The fourth-order valence-electron chi connectivity index (χ4n) is 2.42. The molecule has 1 amide bonds. The molecule has 0 aliphatic carbocycles. The predicted octanol–water partition coefficient (Wildman–Crippen LogP) is 3.83. The average molecular weight is 321 g/mol. The second kappa shape index (κ2) is 7.00. The molecule has 0 spiro atoms. The van der Waals surface area contributed by atoms with Crippen molar-refractivity contribution < 1.29 is 9.53 Å². The van der Waals surface area contributed by atoms with Gasteiger partial charge in [-0.3, -0.25) is 4.79 Å². The van der Waals surface area contributed by atoms with Crippen LogP contribution < -0.4 is 10.1 Å². The maximum Gasteiger partial charge on any atom is 0.255 e. The van der Waals surface area contributed by atoms with Gasteiger partial charge >= 0.3 is 0 Å². The predicted molar refractivity (Wildman–Crippen MR) is 93.9 cm³/mol. The Morgan fingerprint density at radius 2 is 2.12 bits per heavy atom. The van der Waals surface area contributed by atoms with E-state index in [1.54, 1.807) is 18.6 Å². The Labute approximate surface area is 140 Å². The fraction of sp³-hybridized carbons (Fsp3) is 0.158. The number of hydrogen-bond donors (Lipinski definition) is 1. The number of hydrogen-bond acceptors (Lipinski definition) is 3. The van der Waals surface area contributed by atoms with Crippen LogP contribution in [0.3, 0.4) is 0 Å². The van der Waals surface area contributed by atoms with Gasteiger partial charge in [-0.15, -0.1) is 0 Å². The van der Waals surface area contributed by atoms with E-state index in [0.29, 0.717) is 23.6 Å². The minimum atomic E-state index is -0.179. The summed E-state index contributed by atoms with van der Waals surface area (Å²) in [6.07, 6.45) is 5.24. The number of nitrogens with zero attached hydrogens (tertiary/aromatic N) is 2. The summed E-state index contributed by atoms with van der Waals surface area (Å²) in [7, 11) is 0. The summed E-state index contributed by atoms with van der Waals surface area (Å²) in [6, 6.07) is 13.1. The lowest BCUT2D eigenvalue weighted by Gasteiger charge is -2.13. The zero-order valence-corrected chi connectivity index (χ0v) is 13.7. The van der Waals surface area contributed by atoms with E-state index in [9.17, 15) is 4.79 Å². The van der Waals surface area contributed by atoms with Crippen LogP contribution >= 0.6 is 0 Å². The zero-order valence-electron chi connectivity index (χ0n) is 13.7. The molecule has 5 heteroatoms. The molecule has 1 heterocycles. The highest BCUT2D eigenvalue weighted by molar-refractivity contribution is 6.05. The minimum absolute atomic E-state index is 0.179. The molecule has 3 rings (SSSR count). The number of imidazole rings is 1. The highest BCUT2D eigenvalue weighted by Crippen LogP contribution is 2.26. The summed E-state index contributed by atoms with van der Waals surface area (Å²) >= 11 is 0. The Morgan fingerprint density at radius 3 is 2.88 bits per heavy atom. The molecule has 0 radical (unpaired) electrons. The van der Waals surface area contributed by atoms with Gasteiger partial charge < -0.3 is 14.6 Å². The third-order valence-corrected chi connectivity index (χ3v) is 3.60. The molecular formula is C19H19N3O2. The summed E-state index contributed by atoms with van der Waals surface area (Å²) in [6.45, 7) is 4.45. The van der Waals surface area contributed by atoms with Crippen LogP contribution in [0.15, 0.2) is 61.2 Å². The number of amides is 1. The largest absolute Gasteiger partial charge is 0.492 e. The Kier molecular flexibility index (Phi) is 4.61. The van der Waals surface area contributed by atoms with E-state index in [0.717, 1.165) is 11.3 Å². The molecule has 0 aliphatic heterocycles. The molecule has 0 atom stereocenters. The van der Waals surface area contributed by atoms with Crippen LogP contribution in [0.25, 0.3) is 5.69 Å². The van der Waals surface area contributed by atoms with Gasteiger partial charge in [-0.25, -0.2) is 4.98 Å². The first-order valence-corrected chi connectivity index (χ1v) is 7.80. The standard InChI is InChI=1S/C19H19N3O2/c1-3-24-18-11-14(2)7-8-17(18)21-19(23)15-5-4-6-16(12-15)22-10-9-20-13-22/h4-13H,3H2,1-2H3,(H,21,23). The molecule has 0 unspecified atom stereocenters. The second-order valence-electron chi connectivity index (χ2n) is 5.41. The summed E-state index contributed by atoms with van der Waals surface area (Å²) in [5, 5.41) is 2.92. The first-order chi connectivity index (χ1) is 11.7. The van der Waals surface area contributed by atoms with E-state index in [-0.39, 0.29) is 5.91 Å². The van der Waals surface area contributed by atoms with Gasteiger partial charge in [0.15, 0.2) is 0 Å². The SMILES string of the molecule is CCOc1cc(C)ccc1NC(=O)c1cccc(-n2ccnc2)c1. The summed E-state index contributed by atoms with van der Waals surface area (Å²) < 4.78 is 7.47. The Bertz CT molecular complexity index is 842. The molecule has 3 aromatic rings. The van der Waals surface area contributed by atoms with Gasteiger partial charge in [0.2, 0.25) is 0 Å². The van der Waals surface area contributed by atoms with Gasteiger partial charge in [-0.05, 0) is 49.7 Å². The number of carbonyl (C=O) groups excluding carboxylic acids is 1. The quantitative estimate of drug-likeness (QED) is 0.777. The number of aryl methyl sites for hydroxylation is 1. The third kappa shape index (κ3) is 3.46. The lowest BCUT2D eigenvalue weighted by Crippen LogP contribution is -2.13. The molecular weight excluding hydrogens is 302 g/mol. The van der Waals surface area contributed by atoms with Crippen molar-refractivity contribution in [2.75, 3.05) is 11.9 Å². The minimum Gasteiger partial charge on any atom is -0.492 e. The van der Waals surface area contributed by atoms with Gasteiger partial charge in [0.05, 0.1) is 18.6 Å². The number of rotatable bonds is 5. The molecule has 5 nitrogen and oxygen atoms in total. The van der Waals surface area contributed by atoms with E-state index >= 15 is 0 Å². The van der Waals surface area contributed by atoms with Crippen LogP contribution in [0.5, 0.6) is 5.75 Å². The van der Waals surface area contributed by atoms with Crippen molar-refractivity contribution in [3.63, 3.8) is 0 Å². The molecule has 0 aliphatic rings. The topological polar surface area (TPSA) is 56.1 Å². The van der Waals surface area contributed by atoms with Crippen LogP contribution in [-0.2, 0) is 0 Å². The van der Waals surface area contributed by atoms with Crippen LogP contribution in [-0.4, -0.2) is 22.1 Å². The van der Waals surface area contributed by atoms with E-state index in [2.05, 4.69) is 10.3 Å². The average Bonchev–Trinajstić information content (AvgIpc) is 3.12. The first kappa shape index (κ1) is 15.8. The Hall–Kier alpha value is -3.08. The third-order valence-electron chi connectivity index (χ3n) is 3.60. The van der Waals surface area contributed by atoms with Crippen molar-refractivity contribution in [3.05, 3.63) is 72.3 Å². The normalized spacial score (nSPS) is 10.4. The maximum absolute atomic E-state index is 12.6. The van der Waals surface area contributed by atoms with Crippen molar-refractivity contribution in [1.82, 2.24) is 9.55 Å². The van der Waals surface area contributed by atoms with Gasteiger partial charge in [-0.1, -0.05) is 12.1 Å². The molecule has 1 aromatic heterocycles. The van der Waals surface area contributed by atoms with Gasteiger partial charge in [0.1, 0.15) is 5.75 Å². The summed E-state index contributed by atoms with van der Waals surface area (Å²) in [5.41, 5.74) is 3.21. The fourth-order valence-corrected chi connectivity index (χ4v) is 2.42. The molecule has 2 aromatic carbocycles. The van der Waals surface area contributed by atoms with E-state index < -0.39 is 0 Å². The maximum atomic E-state index is 12.6. The van der Waals surface area contributed by atoms with Crippen molar-refractivity contribution in [1.29, 1.82) is 0 Å². The van der Waals surface area contributed by atoms with Crippen molar-refractivity contribution in [2.24, 2.45) is 0 Å². The number of benzene rings is 2. The van der Waals surface area contributed by atoms with Crippen LogP contribution in [0.1, 0.15) is 22.8 Å². The van der Waals surface area contributed by atoms with Crippen LogP contribution in [0, 0.1) is 6.92 Å². The highest BCUT2D eigenvalue weighted by atomic mass is 16.5. The first-order valence-electron chi connectivity index (χ1n) is 7.80. The highest BCUT2D eigenvalue weighted by Gasteiger charge is 2.11. The van der Waals surface area contributed by atoms with Gasteiger partial charge in [-0.2, -0.15) is 0 Å². The van der Waals surface area contributed by atoms with Crippen molar-refractivity contribution in [2.45, 2.75) is 13.8 Å². The number of ether oxygens (including phenoxy) is 1. The molecule has 0 saturated heterocycles. The summed E-state index contributed by atoms with van der Waals surface area (Å²) in [5.74, 6) is 0.499. The molecule has 0 saturated carbocycles. The Morgan fingerprint density at radius 1 is 1.25 bits per heavy atom. The Balaban J connectivity index is 1.84. The van der Waals surface area contributed by atoms with E-state index in [1.807, 2.05) is 61.0 Å². The smallest absolute Gasteiger partial charge is 0.255 e. The molecule has 0 bridgehead atoms. The lowest BCUT2D eigenvalue weighted by molar-refractivity contribution is 0.102. The van der Waals surface area contributed by atoms with Gasteiger partial charge in [0.25, 0.3) is 5.91 Å². The number of aromatic nitrogens is 2. The number of carbonyl (C=O) groups is 1. The number of anilines is 1. The van der Waals surface area contributed by atoms with Crippen LogP contribution in [0.2, 0.25) is 0 Å². The summed E-state index contributed by atoms with van der Waals surface area (Å²) in [4.78, 5) is 16.6. The number of nitrogens with one attached hydrogen (secondary N) is 1. The molecule has 24 heavy (non-hydrogen) atoms. The zero-order chi connectivity index (χ0) is 16.9. The van der Waals surface area contributed by atoms with Crippen molar-refractivity contribution in [3.8, 4) is 11.4 Å². The van der Waals surface area contributed by atoms with E-state index in [4.69, 9.17) is 4.74 Å². The molecule has 0 fully saturated rings. The van der Waals surface area contributed by atoms with Gasteiger partial charge in [0, 0.05) is 23.6 Å². The van der Waals surface area contributed by atoms with Crippen molar-refractivity contribution >= 4 is 11.6 Å². The lowest BCUT2D eigenvalue weighted by atomic mass is 10.1. The monoisotopic (exact) mass is 321 g/mol. The molecule has 122 valence electrons.